The Morgan fingerprint density at radius 3 is 2.74 bits per heavy atom. The number of Topliss-reactive ketones (excluding diaryl/α,β-unsaturated/α-hetero) is 1. The maximum absolute atomic E-state index is 14.7. The van der Waals surface area contributed by atoms with Crippen molar-refractivity contribution < 1.29 is 23.5 Å². The third kappa shape index (κ3) is 4.04. The fourth-order valence-corrected chi connectivity index (χ4v) is 3.53. The molecule has 1 aromatic carbocycles. The van der Waals surface area contributed by atoms with Gasteiger partial charge in [0.1, 0.15) is 17.7 Å². The van der Waals surface area contributed by atoms with Crippen molar-refractivity contribution >= 4 is 29.2 Å². The first-order valence-corrected chi connectivity index (χ1v) is 9.01. The molecule has 0 spiro atoms. The summed E-state index contributed by atoms with van der Waals surface area (Å²) in [5, 5.41) is 0. The number of ether oxygens (including phenoxy) is 1. The number of ketones is 1. The number of rotatable bonds is 5. The van der Waals surface area contributed by atoms with Crippen molar-refractivity contribution in [2.75, 3.05) is 29.4 Å². The average Bonchev–Trinajstić information content (AvgIpc) is 2.96. The molecule has 1 aromatic rings. The number of amides is 2. The van der Waals surface area contributed by atoms with Crippen LogP contribution in [0.5, 0.6) is 0 Å². The monoisotopic (exact) mass is 377 g/mol. The molecular weight excluding hydrogens is 353 g/mol. The second kappa shape index (κ2) is 7.17. The largest absolute Gasteiger partial charge is 0.444 e. The number of carbonyl (C=O) groups excluding carboxylic acids is 3. The predicted molar refractivity (Wildman–Crippen MR) is 98.1 cm³/mol. The Balaban J connectivity index is 1.72. The second-order valence-electron chi connectivity index (χ2n) is 7.74. The number of nitrogens with two attached hydrogens (primary N) is 1. The summed E-state index contributed by atoms with van der Waals surface area (Å²) in [5.41, 5.74) is 5.41. The fraction of sp³-hybridized carbons (Fsp3) is 0.526. The van der Waals surface area contributed by atoms with Crippen molar-refractivity contribution in [2.45, 2.75) is 39.2 Å². The number of anilines is 2. The third-order valence-electron chi connectivity index (χ3n) is 5.12. The molecule has 7 nitrogen and oxygen atoms in total. The first kappa shape index (κ1) is 19.1. The number of hydrogen-bond donors (Lipinski definition) is 1. The number of benzene rings is 1. The van der Waals surface area contributed by atoms with Gasteiger partial charge in [-0.15, -0.1) is 0 Å². The minimum absolute atomic E-state index is 0.128. The minimum Gasteiger partial charge on any atom is -0.444 e. The number of hydrogen-bond acceptors (Lipinski definition) is 5. The highest BCUT2D eigenvalue weighted by Crippen LogP contribution is 2.33. The van der Waals surface area contributed by atoms with E-state index < -0.39 is 29.3 Å². The molecule has 2 heterocycles. The average molecular weight is 377 g/mol. The SMILES string of the molecule is CC1(C)CN(c2ccc(N3CC(CCC(N)=O)OC3=O)cc2F)CCC1=O. The van der Waals surface area contributed by atoms with E-state index in [1.807, 2.05) is 18.7 Å². The summed E-state index contributed by atoms with van der Waals surface area (Å²) in [6, 6.07) is 4.59. The molecule has 0 aromatic heterocycles. The molecule has 146 valence electrons. The van der Waals surface area contributed by atoms with Gasteiger partial charge in [-0.3, -0.25) is 14.5 Å². The topological polar surface area (TPSA) is 92.9 Å². The smallest absolute Gasteiger partial charge is 0.414 e. The van der Waals surface area contributed by atoms with Crippen LogP contribution in [-0.4, -0.2) is 43.5 Å². The Bertz CT molecular complexity index is 780. The summed E-state index contributed by atoms with van der Waals surface area (Å²) >= 11 is 0. The molecule has 0 aliphatic carbocycles. The van der Waals surface area contributed by atoms with E-state index in [-0.39, 0.29) is 18.7 Å². The lowest BCUT2D eigenvalue weighted by molar-refractivity contribution is -0.127. The number of piperidine rings is 1. The highest BCUT2D eigenvalue weighted by Gasteiger charge is 2.36. The molecule has 0 saturated carbocycles. The van der Waals surface area contributed by atoms with Gasteiger partial charge in [-0.25, -0.2) is 9.18 Å². The van der Waals surface area contributed by atoms with Gasteiger partial charge >= 0.3 is 6.09 Å². The van der Waals surface area contributed by atoms with Crippen LogP contribution in [0.15, 0.2) is 18.2 Å². The number of nitrogens with zero attached hydrogens (tertiary/aromatic N) is 2. The van der Waals surface area contributed by atoms with Crippen molar-refractivity contribution in [3.05, 3.63) is 24.0 Å². The Labute approximate surface area is 157 Å². The molecule has 2 saturated heterocycles. The number of cyclic esters (lactones) is 1. The van der Waals surface area contributed by atoms with Crippen molar-refractivity contribution in [2.24, 2.45) is 11.1 Å². The lowest BCUT2D eigenvalue weighted by atomic mass is 9.82. The quantitative estimate of drug-likeness (QED) is 0.849. The number of halogens is 1. The summed E-state index contributed by atoms with van der Waals surface area (Å²) in [4.78, 5) is 38.1. The van der Waals surface area contributed by atoms with E-state index in [0.29, 0.717) is 37.3 Å². The summed E-state index contributed by atoms with van der Waals surface area (Å²) in [7, 11) is 0. The van der Waals surface area contributed by atoms with Crippen molar-refractivity contribution in [3.63, 3.8) is 0 Å². The second-order valence-corrected chi connectivity index (χ2v) is 7.74. The maximum atomic E-state index is 14.7. The van der Waals surface area contributed by atoms with Gasteiger partial charge in [0.2, 0.25) is 5.91 Å². The summed E-state index contributed by atoms with van der Waals surface area (Å²) in [5.74, 6) is -0.730. The van der Waals surface area contributed by atoms with Gasteiger partial charge < -0.3 is 15.4 Å². The van der Waals surface area contributed by atoms with Gasteiger partial charge in [-0.2, -0.15) is 0 Å². The molecule has 0 bridgehead atoms. The van der Waals surface area contributed by atoms with Gasteiger partial charge in [0, 0.05) is 31.3 Å². The van der Waals surface area contributed by atoms with Gasteiger partial charge in [-0.05, 0) is 24.6 Å². The normalized spacial score (nSPS) is 22.1. The van der Waals surface area contributed by atoms with Crippen LogP contribution in [-0.2, 0) is 14.3 Å². The highest BCUT2D eigenvalue weighted by molar-refractivity contribution is 5.90. The Morgan fingerprint density at radius 2 is 2.11 bits per heavy atom. The molecule has 0 radical (unpaired) electrons. The van der Waals surface area contributed by atoms with Crippen LogP contribution in [0, 0.1) is 11.2 Å². The van der Waals surface area contributed by atoms with E-state index in [1.54, 1.807) is 12.1 Å². The molecule has 8 heteroatoms. The van der Waals surface area contributed by atoms with E-state index in [4.69, 9.17) is 10.5 Å². The van der Waals surface area contributed by atoms with Crippen LogP contribution in [0.2, 0.25) is 0 Å². The number of primary amides is 1. The summed E-state index contributed by atoms with van der Waals surface area (Å²) < 4.78 is 20.0. The first-order chi connectivity index (χ1) is 12.7. The first-order valence-electron chi connectivity index (χ1n) is 9.01. The Morgan fingerprint density at radius 1 is 1.37 bits per heavy atom. The van der Waals surface area contributed by atoms with E-state index in [1.165, 1.54) is 11.0 Å². The third-order valence-corrected chi connectivity index (χ3v) is 5.12. The summed E-state index contributed by atoms with van der Waals surface area (Å²) in [6.45, 7) is 4.89. The van der Waals surface area contributed by atoms with Gasteiger partial charge in [0.05, 0.1) is 17.9 Å². The maximum Gasteiger partial charge on any atom is 0.414 e. The zero-order valence-electron chi connectivity index (χ0n) is 15.5. The van der Waals surface area contributed by atoms with Crippen molar-refractivity contribution in [3.8, 4) is 0 Å². The zero-order chi connectivity index (χ0) is 19.8. The molecule has 3 rings (SSSR count). The van der Waals surface area contributed by atoms with Gasteiger partial charge in [-0.1, -0.05) is 13.8 Å². The lowest BCUT2D eigenvalue weighted by Crippen LogP contribution is -2.46. The molecule has 2 aliphatic heterocycles. The molecule has 2 fully saturated rings. The van der Waals surface area contributed by atoms with Crippen LogP contribution in [0.1, 0.15) is 33.1 Å². The van der Waals surface area contributed by atoms with Crippen LogP contribution < -0.4 is 15.5 Å². The Kier molecular flexibility index (Phi) is 5.08. The van der Waals surface area contributed by atoms with Crippen LogP contribution >= 0.6 is 0 Å². The molecule has 2 aliphatic rings. The fourth-order valence-electron chi connectivity index (χ4n) is 3.53. The van der Waals surface area contributed by atoms with Crippen LogP contribution in [0.3, 0.4) is 0 Å². The number of carbonyl (C=O) groups is 3. The molecule has 2 amide bonds. The van der Waals surface area contributed by atoms with E-state index in [0.717, 1.165) is 0 Å². The van der Waals surface area contributed by atoms with Crippen molar-refractivity contribution in [1.29, 1.82) is 0 Å². The van der Waals surface area contributed by atoms with Gasteiger partial charge in [0.15, 0.2) is 0 Å². The van der Waals surface area contributed by atoms with E-state index in [2.05, 4.69) is 0 Å². The van der Waals surface area contributed by atoms with Crippen molar-refractivity contribution in [1.82, 2.24) is 0 Å². The lowest BCUT2D eigenvalue weighted by Gasteiger charge is -2.38. The zero-order valence-corrected chi connectivity index (χ0v) is 15.5. The Hall–Kier alpha value is -2.64. The van der Waals surface area contributed by atoms with E-state index >= 15 is 0 Å². The molecule has 27 heavy (non-hydrogen) atoms. The minimum atomic E-state index is -0.568. The van der Waals surface area contributed by atoms with Gasteiger partial charge in [0.25, 0.3) is 0 Å². The predicted octanol–water partition coefficient (Wildman–Crippen LogP) is 2.22. The molecular formula is C19H24FN3O4. The molecule has 1 atom stereocenters. The molecule has 2 N–H and O–H groups in total. The standard InChI is InChI=1S/C19H24FN3O4/c1-19(2)11-22(8-7-16(19)24)15-5-3-12(9-14(15)20)23-10-13(27-18(23)26)4-6-17(21)25/h3,5,9,13H,4,6-8,10-11H2,1-2H3,(H2,21,25). The molecule has 1 unspecified atom stereocenters. The summed E-state index contributed by atoms with van der Waals surface area (Å²) in [6.07, 6.45) is -0.158. The van der Waals surface area contributed by atoms with Crippen LogP contribution in [0.25, 0.3) is 0 Å². The van der Waals surface area contributed by atoms with E-state index in [9.17, 15) is 18.8 Å². The van der Waals surface area contributed by atoms with Crippen LogP contribution in [0.4, 0.5) is 20.6 Å². The highest BCUT2D eigenvalue weighted by atomic mass is 19.1.